The zero-order valence-electron chi connectivity index (χ0n) is 11.4. The van der Waals surface area contributed by atoms with Gasteiger partial charge in [0.2, 0.25) is 0 Å². The Balaban J connectivity index is 2.30. The number of aromatic nitrogens is 2. The lowest BCUT2D eigenvalue weighted by Crippen LogP contribution is -2.26. The van der Waals surface area contributed by atoms with Gasteiger partial charge in [-0.2, -0.15) is 0 Å². The van der Waals surface area contributed by atoms with E-state index in [0.29, 0.717) is 5.56 Å². The van der Waals surface area contributed by atoms with E-state index in [2.05, 4.69) is 4.98 Å². The number of rotatable bonds is 3. The molecule has 100 valence electrons. The predicted octanol–water partition coefficient (Wildman–Crippen LogP) is 1.90. The fourth-order valence-corrected chi connectivity index (χ4v) is 2.05. The molecule has 0 saturated carbocycles. The van der Waals surface area contributed by atoms with Gasteiger partial charge in [-0.05, 0) is 31.9 Å². The number of nitrogens with zero attached hydrogens (tertiary/aromatic N) is 2. The van der Waals surface area contributed by atoms with Crippen LogP contribution in [0.5, 0.6) is 0 Å². The summed E-state index contributed by atoms with van der Waals surface area (Å²) >= 11 is 0. The van der Waals surface area contributed by atoms with Crippen molar-refractivity contribution in [2.45, 2.75) is 33.4 Å². The van der Waals surface area contributed by atoms with Crippen molar-refractivity contribution < 1.29 is 5.11 Å². The Kier molecular flexibility index (Phi) is 3.81. The highest BCUT2D eigenvalue weighted by Crippen LogP contribution is 2.18. The molecular formula is C15H18N2O2. The molecular weight excluding hydrogens is 240 g/mol. The van der Waals surface area contributed by atoms with E-state index in [0.717, 1.165) is 16.8 Å². The summed E-state index contributed by atoms with van der Waals surface area (Å²) in [6.07, 6.45) is 0.786. The van der Waals surface area contributed by atoms with E-state index in [1.807, 2.05) is 31.2 Å². The summed E-state index contributed by atoms with van der Waals surface area (Å²) < 4.78 is 1.46. The minimum Gasteiger partial charge on any atom is -0.387 e. The van der Waals surface area contributed by atoms with Crippen LogP contribution in [0.25, 0.3) is 0 Å². The average Bonchev–Trinajstić information content (AvgIpc) is 2.40. The van der Waals surface area contributed by atoms with Crippen molar-refractivity contribution in [1.29, 1.82) is 0 Å². The molecule has 2 rings (SSSR count). The molecule has 0 spiro atoms. The fraction of sp³-hybridized carbons (Fsp3) is 0.333. The first-order chi connectivity index (χ1) is 9.00. The van der Waals surface area contributed by atoms with Crippen LogP contribution in [0.2, 0.25) is 0 Å². The van der Waals surface area contributed by atoms with Gasteiger partial charge >= 0.3 is 0 Å². The molecule has 1 aromatic carbocycles. The first kappa shape index (κ1) is 13.5. The van der Waals surface area contributed by atoms with Gasteiger partial charge in [0.25, 0.3) is 5.56 Å². The molecule has 0 aliphatic heterocycles. The highest BCUT2D eigenvalue weighted by Gasteiger charge is 2.12. The first-order valence-corrected chi connectivity index (χ1v) is 6.27. The maximum atomic E-state index is 12.1. The van der Waals surface area contributed by atoms with Crippen LogP contribution in [0.3, 0.4) is 0 Å². The number of hydrogen-bond acceptors (Lipinski definition) is 3. The molecule has 1 atom stereocenters. The van der Waals surface area contributed by atoms with E-state index in [-0.39, 0.29) is 12.1 Å². The smallest absolute Gasteiger partial charge is 0.256 e. The standard InChI is InChI=1S/C15H18N2O2/c1-10-6-4-5-7-13(10)14(18)8-17-9-16-12(3)11(2)15(17)19/h4-7,9,14,18H,8H2,1-3H3/t14-/m0/s1. The number of benzene rings is 1. The molecule has 0 aliphatic carbocycles. The molecule has 1 aromatic heterocycles. The summed E-state index contributed by atoms with van der Waals surface area (Å²) in [6.45, 7) is 5.72. The third-order valence-corrected chi connectivity index (χ3v) is 3.43. The Hall–Kier alpha value is -1.94. The molecule has 0 saturated heterocycles. The van der Waals surface area contributed by atoms with Gasteiger partial charge in [-0.15, -0.1) is 0 Å². The van der Waals surface area contributed by atoms with Crippen molar-refractivity contribution in [3.8, 4) is 0 Å². The van der Waals surface area contributed by atoms with E-state index < -0.39 is 6.10 Å². The molecule has 4 heteroatoms. The minimum absolute atomic E-state index is 0.0971. The Bertz CT molecular complexity index is 647. The second kappa shape index (κ2) is 5.36. The summed E-state index contributed by atoms with van der Waals surface area (Å²) in [5, 5.41) is 10.3. The molecule has 0 bridgehead atoms. The van der Waals surface area contributed by atoms with Gasteiger partial charge in [0.15, 0.2) is 0 Å². The van der Waals surface area contributed by atoms with Crippen LogP contribution in [0.1, 0.15) is 28.5 Å². The van der Waals surface area contributed by atoms with E-state index in [1.165, 1.54) is 10.9 Å². The van der Waals surface area contributed by atoms with E-state index in [4.69, 9.17) is 0 Å². The van der Waals surface area contributed by atoms with Gasteiger partial charge in [-0.1, -0.05) is 24.3 Å². The van der Waals surface area contributed by atoms with E-state index >= 15 is 0 Å². The van der Waals surface area contributed by atoms with Gasteiger partial charge < -0.3 is 5.11 Å². The lowest BCUT2D eigenvalue weighted by Gasteiger charge is -2.15. The van der Waals surface area contributed by atoms with Crippen LogP contribution in [0.4, 0.5) is 0 Å². The Morgan fingerprint density at radius 1 is 1.26 bits per heavy atom. The summed E-state index contributed by atoms with van der Waals surface area (Å²) in [5.74, 6) is 0. The third kappa shape index (κ3) is 2.74. The van der Waals surface area contributed by atoms with E-state index in [1.54, 1.807) is 13.8 Å². The fourth-order valence-electron chi connectivity index (χ4n) is 2.05. The van der Waals surface area contributed by atoms with Crippen LogP contribution in [0.15, 0.2) is 35.4 Å². The topological polar surface area (TPSA) is 55.1 Å². The lowest BCUT2D eigenvalue weighted by molar-refractivity contribution is 0.154. The number of aliphatic hydroxyl groups is 1. The van der Waals surface area contributed by atoms with Crippen molar-refractivity contribution in [3.05, 3.63) is 63.3 Å². The molecule has 1 N–H and O–H groups in total. The maximum Gasteiger partial charge on any atom is 0.256 e. The summed E-state index contributed by atoms with van der Waals surface area (Å²) in [5.41, 5.74) is 3.11. The maximum absolute atomic E-state index is 12.1. The highest BCUT2D eigenvalue weighted by atomic mass is 16.3. The van der Waals surface area contributed by atoms with Gasteiger partial charge in [0, 0.05) is 11.3 Å². The van der Waals surface area contributed by atoms with Crippen LogP contribution < -0.4 is 5.56 Å². The largest absolute Gasteiger partial charge is 0.387 e. The van der Waals surface area contributed by atoms with Crippen LogP contribution in [0, 0.1) is 20.8 Å². The van der Waals surface area contributed by atoms with Crippen molar-refractivity contribution in [3.63, 3.8) is 0 Å². The molecule has 0 amide bonds. The van der Waals surface area contributed by atoms with Gasteiger partial charge in [-0.3, -0.25) is 9.36 Å². The molecule has 4 nitrogen and oxygen atoms in total. The van der Waals surface area contributed by atoms with Crippen molar-refractivity contribution >= 4 is 0 Å². The lowest BCUT2D eigenvalue weighted by atomic mass is 10.0. The predicted molar refractivity (Wildman–Crippen MR) is 74.1 cm³/mol. The quantitative estimate of drug-likeness (QED) is 0.914. The van der Waals surface area contributed by atoms with Gasteiger partial charge in [0.1, 0.15) is 0 Å². The monoisotopic (exact) mass is 258 g/mol. The zero-order chi connectivity index (χ0) is 14.0. The number of hydrogen-bond donors (Lipinski definition) is 1. The van der Waals surface area contributed by atoms with Crippen molar-refractivity contribution in [2.24, 2.45) is 0 Å². The third-order valence-electron chi connectivity index (χ3n) is 3.43. The van der Waals surface area contributed by atoms with Crippen LogP contribution in [-0.2, 0) is 6.54 Å². The Labute approximate surface area is 112 Å². The van der Waals surface area contributed by atoms with Crippen molar-refractivity contribution in [1.82, 2.24) is 9.55 Å². The first-order valence-electron chi connectivity index (χ1n) is 6.27. The van der Waals surface area contributed by atoms with Crippen LogP contribution in [-0.4, -0.2) is 14.7 Å². The molecule has 0 aliphatic rings. The second-order valence-corrected chi connectivity index (χ2v) is 4.78. The molecule has 2 aromatic rings. The average molecular weight is 258 g/mol. The minimum atomic E-state index is -0.706. The molecule has 0 fully saturated rings. The Morgan fingerprint density at radius 2 is 1.95 bits per heavy atom. The summed E-state index contributed by atoms with van der Waals surface area (Å²) in [6, 6.07) is 7.63. The molecule has 0 unspecified atom stereocenters. The zero-order valence-corrected chi connectivity index (χ0v) is 11.4. The SMILES string of the molecule is Cc1ccccc1[C@@H](O)Cn1cnc(C)c(C)c1=O. The van der Waals surface area contributed by atoms with Gasteiger partial charge in [-0.25, -0.2) is 4.98 Å². The number of aliphatic hydroxyl groups excluding tert-OH is 1. The van der Waals surface area contributed by atoms with Crippen LogP contribution >= 0.6 is 0 Å². The Morgan fingerprint density at radius 3 is 2.63 bits per heavy atom. The van der Waals surface area contributed by atoms with E-state index in [9.17, 15) is 9.90 Å². The summed E-state index contributed by atoms with van der Waals surface area (Å²) in [7, 11) is 0. The number of aryl methyl sites for hydroxylation is 2. The normalized spacial score (nSPS) is 12.4. The van der Waals surface area contributed by atoms with Gasteiger partial charge in [0.05, 0.1) is 19.0 Å². The summed E-state index contributed by atoms with van der Waals surface area (Å²) in [4.78, 5) is 16.2. The molecule has 19 heavy (non-hydrogen) atoms. The second-order valence-electron chi connectivity index (χ2n) is 4.78. The van der Waals surface area contributed by atoms with Crippen molar-refractivity contribution in [2.75, 3.05) is 0 Å². The highest BCUT2D eigenvalue weighted by molar-refractivity contribution is 5.27. The molecule has 0 radical (unpaired) electrons. The molecule has 1 heterocycles.